The smallest absolute Gasteiger partial charge is 0.325 e. The van der Waals surface area contributed by atoms with E-state index in [0.29, 0.717) is 31.8 Å². The van der Waals surface area contributed by atoms with E-state index in [4.69, 9.17) is 5.73 Å². The number of rotatable bonds is 3. The summed E-state index contributed by atoms with van der Waals surface area (Å²) < 4.78 is 0. The Bertz CT molecular complexity index is 529. The number of imide groups is 1. The molecule has 3 N–H and O–H groups in total. The Hall–Kier alpha value is -1.63. The van der Waals surface area contributed by atoms with Crippen molar-refractivity contribution < 1.29 is 14.4 Å². The molecule has 128 valence electrons. The second-order valence-electron chi connectivity index (χ2n) is 7.25. The van der Waals surface area contributed by atoms with E-state index in [2.05, 4.69) is 5.32 Å². The zero-order chi connectivity index (χ0) is 16.8. The van der Waals surface area contributed by atoms with Gasteiger partial charge in [0.2, 0.25) is 5.91 Å². The van der Waals surface area contributed by atoms with E-state index in [9.17, 15) is 14.4 Å². The van der Waals surface area contributed by atoms with Gasteiger partial charge in [0.15, 0.2) is 0 Å². The largest absolute Gasteiger partial charge is 0.338 e. The minimum absolute atomic E-state index is 0.0970. The van der Waals surface area contributed by atoms with Crippen LogP contribution in [0.1, 0.15) is 46.0 Å². The molecule has 3 aliphatic rings. The van der Waals surface area contributed by atoms with Gasteiger partial charge in [0.1, 0.15) is 11.6 Å². The SMILES string of the molecule is CC1CC(CN)CN1C(=O)C(C)N1C(=O)NC2(CCCC2)C1=O. The molecule has 7 heteroatoms. The van der Waals surface area contributed by atoms with Crippen LogP contribution in [0.3, 0.4) is 0 Å². The van der Waals surface area contributed by atoms with Crippen LogP contribution < -0.4 is 11.1 Å². The molecule has 23 heavy (non-hydrogen) atoms. The lowest BCUT2D eigenvalue weighted by molar-refractivity contribution is -0.143. The lowest BCUT2D eigenvalue weighted by Crippen LogP contribution is -2.51. The van der Waals surface area contributed by atoms with Crippen LogP contribution in [0.5, 0.6) is 0 Å². The average Bonchev–Trinajstić information content (AvgIpc) is 3.19. The molecule has 3 fully saturated rings. The number of amides is 4. The normalized spacial score (nSPS) is 31.1. The Morgan fingerprint density at radius 2 is 2.04 bits per heavy atom. The summed E-state index contributed by atoms with van der Waals surface area (Å²) >= 11 is 0. The van der Waals surface area contributed by atoms with Crippen LogP contribution >= 0.6 is 0 Å². The number of hydrogen-bond donors (Lipinski definition) is 2. The van der Waals surface area contributed by atoms with Gasteiger partial charge in [-0.1, -0.05) is 12.8 Å². The van der Waals surface area contributed by atoms with E-state index in [-0.39, 0.29) is 17.9 Å². The molecule has 3 atom stereocenters. The highest BCUT2D eigenvalue weighted by atomic mass is 16.2. The third-order valence-electron chi connectivity index (χ3n) is 5.67. The van der Waals surface area contributed by atoms with E-state index < -0.39 is 17.6 Å². The number of nitrogens with one attached hydrogen (secondary N) is 1. The van der Waals surface area contributed by atoms with Gasteiger partial charge < -0.3 is 16.0 Å². The number of urea groups is 1. The van der Waals surface area contributed by atoms with Crippen molar-refractivity contribution in [3.63, 3.8) is 0 Å². The first-order valence-electron chi connectivity index (χ1n) is 8.56. The lowest BCUT2D eigenvalue weighted by Gasteiger charge is -2.29. The molecule has 1 saturated carbocycles. The van der Waals surface area contributed by atoms with Crippen molar-refractivity contribution in [3.05, 3.63) is 0 Å². The predicted octanol–water partition coefficient (Wildman–Crippen LogP) is 0.435. The van der Waals surface area contributed by atoms with Gasteiger partial charge in [-0.05, 0) is 45.6 Å². The fourth-order valence-electron chi connectivity index (χ4n) is 4.28. The molecule has 1 aliphatic carbocycles. The number of nitrogens with two attached hydrogens (primary N) is 1. The molecule has 2 saturated heterocycles. The molecule has 3 rings (SSSR count). The molecule has 2 aliphatic heterocycles. The quantitative estimate of drug-likeness (QED) is 0.737. The summed E-state index contributed by atoms with van der Waals surface area (Å²) in [5.41, 5.74) is 4.95. The van der Waals surface area contributed by atoms with Crippen molar-refractivity contribution in [1.29, 1.82) is 0 Å². The Morgan fingerprint density at radius 3 is 2.61 bits per heavy atom. The highest BCUT2D eigenvalue weighted by Crippen LogP contribution is 2.36. The van der Waals surface area contributed by atoms with Gasteiger partial charge in [-0.3, -0.25) is 9.59 Å². The minimum Gasteiger partial charge on any atom is -0.338 e. The van der Waals surface area contributed by atoms with E-state index in [0.717, 1.165) is 24.2 Å². The zero-order valence-electron chi connectivity index (χ0n) is 13.9. The maximum absolute atomic E-state index is 12.8. The first kappa shape index (κ1) is 16.2. The van der Waals surface area contributed by atoms with Crippen LogP contribution in [0.15, 0.2) is 0 Å². The topological polar surface area (TPSA) is 95.7 Å². The Morgan fingerprint density at radius 1 is 1.39 bits per heavy atom. The van der Waals surface area contributed by atoms with Crippen molar-refractivity contribution in [2.45, 2.75) is 63.6 Å². The van der Waals surface area contributed by atoms with Crippen molar-refractivity contribution >= 4 is 17.8 Å². The maximum Gasteiger partial charge on any atom is 0.325 e. The van der Waals surface area contributed by atoms with Crippen LogP contribution in [-0.4, -0.2) is 58.4 Å². The third kappa shape index (κ3) is 2.51. The first-order chi connectivity index (χ1) is 10.9. The number of carbonyl (C=O) groups excluding carboxylic acids is 3. The highest BCUT2D eigenvalue weighted by molar-refractivity contribution is 6.10. The lowest BCUT2D eigenvalue weighted by atomic mass is 9.97. The first-order valence-corrected chi connectivity index (χ1v) is 8.56. The Kier molecular flexibility index (Phi) is 4.08. The van der Waals surface area contributed by atoms with Crippen molar-refractivity contribution in [1.82, 2.24) is 15.1 Å². The summed E-state index contributed by atoms with van der Waals surface area (Å²) in [5.74, 6) is -0.0968. The van der Waals surface area contributed by atoms with E-state index in [1.165, 1.54) is 0 Å². The van der Waals surface area contributed by atoms with Crippen LogP contribution in [-0.2, 0) is 9.59 Å². The van der Waals surface area contributed by atoms with Gasteiger partial charge >= 0.3 is 6.03 Å². The zero-order valence-corrected chi connectivity index (χ0v) is 13.9. The Labute approximate surface area is 136 Å². The fourth-order valence-corrected chi connectivity index (χ4v) is 4.28. The van der Waals surface area contributed by atoms with Crippen molar-refractivity contribution in [2.24, 2.45) is 11.7 Å². The second-order valence-corrected chi connectivity index (χ2v) is 7.25. The molecule has 0 aromatic carbocycles. The van der Waals surface area contributed by atoms with Gasteiger partial charge in [0, 0.05) is 12.6 Å². The average molecular weight is 322 g/mol. The van der Waals surface area contributed by atoms with Crippen LogP contribution in [0.25, 0.3) is 0 Å². The monoisotopic (exact) mass is 322 g/mol. The number of carbonyl (C=O) groups is 3. The van der Waals surface area contributed by atoms with Crippen molar-refractivity contribution in [3.8, 4) is 0 Å². The molecule has 0 radical (unpaired) electrons. The second kappa shape index (κ2) is 5.78. The van der Waals surface area contributed by atoms with Crippen molar-refractivity contribution in [2.75, 3.05) is 13.1 Å². The molecule has 4 amide bonds. The molecular weight excluding hydrogens is 296 g/mol. The summed E-state index contributed by atoms with van der Waals surface area (Å²) in [7, 11) is 0. The summed E-state index contributed by atoms with van der Waals surface area (Å²) in [6, 6.07) is -1.10. The van der Waals surface area contributed by atoms with E-state index >= 15 is 0 Å². The summed E-state index contributed by atoms with van der Waals surface area (Å²) in [6.45, 7) is 4.80. The van der Waals surface area contributed by atoms with Gasteiger partial charge in [-0.2, -0.15) is 0 Å². The predicted molar refractivity (Wildman–Crippen MR) is 84.4 cm³/mol. The van der Waals surface area contributed by atoms with Gasteiger partial charge in [-0.15, -0.1) is 0 Å². The number of likely N-dealkylation sites (tertiary alicyclic amines) is 1. The van der Waals surface area contributed by atoms with E-state index in [1.807, 2.05) is 6.92 Å². The molecule has 0 bridgehead atoms. The van der Waals surface area contributed by atoms with Crippen LogP contribution in [0.2, 0.25) is 0 Å². The molecule has 0 aromatic heterocycles. The number of nitrogens with zero attached hydrogens (tertiary/aromatic N) is 2. The maximum atomic E-state index is 12.8. The van der Waals surface area contributed by atoms with Gasteiger partial charge in [0.05, 0.1) is 0 Å². The summed E-state index contributed by atoms with van der Waals surface area (Å²) in [5, 5.41) is 2.83. The molecule has 0 aromatic rings. The van der Waals surface area contributed by atoms with Crippen LogP contribution in [0.4, 0.5) is 4.79 Å². The minimum atomic E-state index is -0.763. The van der Waals surface area contributed by atoms with Crippen LogP contribution in [0, 0.1) is 5.92 Å². The van der Waals surface area contributed by atoms with E-state index in [1.54, 1.807) is 11.8 Å². The Balaban J connectivity index is 1.75. The molecule has 3 unspecified atom stereocenters. The highest BCUT2D eigenvalue weighted by Gasteiger charge is 2.55. The molecule has 7 nitrogen and oxygen atoms in total. The molecule has 1 spiro atoms. The standard InChI is InChI=1S/C16H26N4O3/c1-10-7-12(8-17)9-19(10)13(21)11(2)20-14(22)16(18-15(20)23)5-3-4-6-16/h10-12H,3-9,17H2,1-2H3,(H,18,23). The number of hydrogen-bond acceptors (Lipinski definition) is 4. The fraction of sp³-hybridized carbons (Fsp3) is 0.812. The molecular formula is C16H26N4O3. The van der Waals surface area contributed by atoms with Gasteiger partial charge in [-0.25, -0.2) is 9.69 Å². The summed E-state index contributed by atoms with van der Waals surface area (Å²) in [4.78, 5) is 40.8. The molecule has 2 heterocycles. The summed E-state index contributed by atoms with van der Waals surface area (Å²) in [6.07, 6.45) is 4.08. The van der Waals surface area contributed by atoms with Gasteiger partial charge in [0.25, 0.3) is 5.91 Å². The third-order valence-corrected chi connectivity index (χ3v) is 5.67.